The first kappa shape index (κ1) is 8.13. The summed E-state index contributed by atoms with van der Waals surface area (Å²) in [5.41, 5.74) is 6.06. The van der Waals surface area contributed by atoms with Gasteiger partial charge in [-0.25, -0.2) is 0 Å². The Labute approximate surface area is 74.7 Å². The molecule has 1 heteroatoms. The second-order valence-corrected chi connectivity index (χ2v) is 4.24. The summed E-state index contributed by atoms with van der Waals surface area (Å²) in [7, 11) is 0. The summed E-state index contributed by atoms with van der Waals surface area (Å²) in [6.45, 7) is 0. The molecule has 0 aromatic heterocycles. The highest BCUT2D eigenvalue weighted by molar-refractivity contribution is 5.05. The predicted octanol–water partition coefficient (Wildman–Crippen LogP) is 1.77. The van der Waals surface area contributed by atoms with Crippen LogP contribution in [0.1, 0.15) is 32.1 Å². The fourth-order valence-corrected chi connectivity index (χ4v) is 2.95. The molecule has 2 saturated carbocycles. The highest BCUT2D eigenvalue weighted by Gasteiger charge is 2.54. The van der Waals surface area contributed by atoms with E-state index in [0.29, 0.717) is 6.04 Å². The summed E-state index contributed by atoms with van der Waals surface area (Å²) in [4.78, 5) is 0. The van der Waals surface area contributed by atoms with E-state index in [9.17, 15) is 0 Å². The van der Waals surface area contributed by atoms with Gasteiger partial charge in [0.1, 0.15) is 0 Å². The molecule has 2 rings (SSSR count). The quantitative estimate of drug-likeness (QED) is 0.630. The largest absolute Gasteiger partial charge is 0.327 e. The van der Waals surface area contributed by atoms with Crippen LogP contribution in [0.2, 0.25) is 0 Å². The summed E-state index contributed by atoms with van der Waals surface area (Å²) in [6.07, 6.45) is 11.4. The Morgan fingerprint density at radius 1 is 1.42 bits per heavy atom. The normalized spacial score (nSPS) is 40.2. The van der Waals surface area contributed by atoms with Crippen LogP contribution in [0.3, 0.4) is 0 Å². The number of rotatable bonds is 3. The number of nitrogens with two attached hydrogens (primary N) is 1. The lowest BCUT2D eigenvalue weighted by Gasteiger charge is -2.11. The first-order valence-corrected chi connectivity index (χ1v) is 5.03. The zero-order valence-electron chi connectivity index (χ0n) is 7.50. The Kier molecular flexibility index (Phi) is 2.11. The molecule has 0 amide bonds. The van der Waals surface area contributed by atoms with Crippen LogP contribution in [0.15, 0.2) is 0 Å². The first-order valence-electron chi connectivity index (χ1n) is 5.03. The van der Waals surface area contributed by atoms with Gasteiger partial charge in [0.25, 0.3) is 0 Å². The Hall–Kier alpha value is -0.480. The molecule has 2 aliphatic rings. The maximum absolute atomic E-state index is 6.06. The SMILES string of the molecule is C#CCCC(N)C1C2CCCC21. The van der Waals surface area contributed by atoms with Crippen molar-refractivity contribution in [2.24, 2.45) is 23.5 Å². The molecule has 66 valence electrons. The molecule has 3 atom stereocenters. The third-order valence-corrected chi connectivity index (χ3v) is 3.59. The molecule has 0 heterocycles. The van der Waals surface area contributed by atoms with E-state index in [0.717, 1.165) is 30.6 Å². The van der Waals surface area contributed by atoms with Crippen LogP contribution in [-0.2, 0) is 0 Å². The maximum Gasteiger partial charge on any atom is 0.0101 e. The molecule has 2 N–H and O–H groups in total. The van der Waals surface area contributed by atoms with Gasteiger partial charge in [-0.05, 0) is 37.0 Å². The smallest absolute Gasteiger partial charge is 0.0101 e. The molecule has 0 aliphatic heterocycles. The van der Waals surface area contributed by atoms with Crippen molar-refractivity contribution in [1.29, 1.82) is 0 Å². The molecule has 0 spiro atoms. The van der Waals surface area contributed by atoms with Crippen molar-refractivity contribution in [1.82, 2.24) is 0 Å². The van der Waals surface area contributed by atoms with E-state index in [4.69, 9.17) is 12.2 Å². The van der Waals surface area contributed by atoms with Crippen LogP contribution in [-0.4, -0.2) is 6.04 Å². The molecular weight excluding hydrogens is 146 g/mol. The van der Waals surface area contributed by atoms with Gasteiger partial charge in [-0.1, -0.05) is 6.42 Å². The van der Waals surface area contributed by atoms with Gasteiger partial charge in [-0.2, -0.15) is 0 Å². The number of hydrogen-bond donors (Lipinski definition) is 1. The minimum atomic E-state index is 0.399. The zero-order chi connectivity index (χ0) is 8.55. The maximum atomic E-state index is 6.06. The summed E-state index contributed by atoms with van der Waals surface area (Å²) in [6, 6.07) is 0.399. The predicted molar refractivity (Wildman–Crippen MR) is 50.4 cm³/mol. The van der Waals surface area contributed by atoms with Gasteiger partial charge in [0.05, 0.1) is 0 Å². The van der Waals surface area contributed by atoms with E-state index in [2.05, 4.69) is 5.92 Å². The lowest BCUT2D eigenvalue weighted by atomic mass is 10.0. The standard InChI is InChI=1S/C11H17N/c1-2-3-7-10(12)11-8-5-4-6-9(8)11/h1,8-11H,3-7,12H2. The molecule has 12 heavy (non-hydrogen) atoms. The highest BCUT2D eigenvalue weighted by Crippen LogP contribution is 2.58. The van der Waals surface area contributed by atoms with Gasteiger partial charge in [0, 0.05) is 12.5 Å². The van der Waals surface area contributed by atoms with E-state index in [-0.39, 0.29) is 0 Å². The number of fused-ring (bicyclic) bond motifs is 1. The average molecular weight is 163 g/mol. The lowest BCUT2D eigenvalue weighted by Crippen LogP contribution is -2.24. The first-order chi connectivity index (χ1) is 5.84. The fraction of sp³-hybridized carbons (Fsp3) is 0.818. The molecule has 0 radical (unpaired) electrons. The average Bonchev–Trinajstić information content (AvgIpc) is 2.56. The van der Waals surface area contributed by atoms with Crippen molar-refractivity contribution in [3.63, 3.8) is 0 Å². The fourth-order valence-electron chi connectivity index (χ4n) is 2.95. The highest BCUT2D eigenvalue weighted by atomic mass is 14.7. The second-order valence-electron chi connectivity index (χ2n) is 4.24. The van der Waals surface area contributed by atoms with Gasteiger partial charge in [-0.15, -0.1) is 12.3 Å². The van der Waals surface area contributed by atoms with E-state index in [1.807, 2.05) is 0 Å². The molecule has 0 bridgehead atoms. The minimum absolute atomic E-state index is 0.399. The van der Waals surface area contributed by atoms with Crippen LogP contribution in [0.5, 0.6) is 0 Å². The third-order valence-electron chi connectivity index (χ3n) is 3.59. The summed E-state index contributed by atoms with van der Waals surface area (Å²) < 4.78 is 0. The Balaban J connectivity index is 1.77. The minimum Gasteiger partial charge on any atom is -0.327 e. The molecule has 0 aromatic carbocycles. The van der Waals surface area contributed by atoms with E-state index in [1.165, 1.54) is 19.3 Å². The summed E-state index contributed by atoms with van der Waals surface area (Å²) in [5.74, 6) is 5.47. The van der Waals surface area contributed by atoms with Crippen LogP contribution in [0.4, 0.5) is 0 Å². The van der Waals surface area contributed by atoms with Crippen molar-refractivity contribution in [2.45, 2.75) is 38.1 Å². The molecule has 0 aromatic rings. The van der Waals surface area contributed by atoms with Gasteiger partial charge in [0.15, 0.2) is 0 Å². The lowest BCUT2D eigenvalue weighted by molar-refractivity contribution is 0.467. The Morgan fingerprint density at radius 2 is 2.08 bits per heavy atom. The third kappa shape index (κ3) is 1.25. The van der Waals surface area contributed by atoms with Gasteiger partial charge in [0.2, 0.25) is 0 Å². The number of hydrogen-bond acceptors (Lipinski definition) is 1. The van der Waals surface area contributed by atoms with Gasteiger partial charge in [-0.3, -0.25) is 0 Å². The monoisotopic (exact) mass is 163 g/mol. The molecule has 1 nitrogen and oxygen atoms in total. The molecular formula is C11H17N. The Bertz CT molecular complexity index is 194. The van der Waals surface area contributed by atoms with Crippen LogP contribution in [0.25, 0.3) is 0 Å². The van der Waals surface area contributed by atoms with E-state index in [1.54, 1.807) is 0 Å². The topological polar surface area (TPSA) is 26.0 Å². The Morgan fingerprint density at radius 3 is 2.67 bits per heavy atom. The van der Waals surface area contributed by atoms with Crippen molar-refractivity contribution < 1.29 is 0 Å². The second kappa shape index (κ2) is 3.11. The van der Waals surface area contributed by atoms with Crippen molar-refractivity contribution in [2.75, 3.05) is 0 Å². The van der Waals surface area contributed by atoms with Crippen molar-refractivity contribution in [3.8, 4) is 12.3 Å². The summed E-state index contributed by atoms with van der Waals surface area (Å²) in [5, 5.41) is 0. The van der Waals surface area contributed by atoms with Gasteiger partial charge < -0.3 is 5.73 Å². The molecule has 3 unspecified atom stereocenters. The van der Waals surface area contributed by atoms with Crippen LogP contribution >= 0.6 is 0 Å². The van der Waals surface area contributed by atoms with E-state index >= 15 is 0 Å². The van der Waals surface area contributed by atoms with Gasteiger partial charge >= 0.3 is 0 Å². The summed E-state index contributed by atoms with van der Waals surface area (Å²) >= 11 is 0. The van der Waals surface area contributed by atoms with Crippen molar-refractivity contribution in [3.05, 3.63) is 0 Å². The molecule has 2 fully saturated rings. The van der Waals surface area contributed by atoms with Crippen LogP contribution in [0, 0.1) is 30.1 Å². The molecule has 2 aliphatic carbocycles. The number of terminal acetylenes is 1. The van der Waals surface area contributed by atoms with Crippen LogP contribution < -0.4 is 5.73 Å². The zero-order valence-corrected chi connectivity index (χ0v) is 7.50. The molecule has 0 saturated heterocycles. The van der Waals surface area contributed by atoms with E-state index < -0.39 is 0 Å². The van der Waals surface area contributed by atoms with Crippen molar-refractivity contribution >= 4 is 0 Å².